The second-order valence-corrected chi connectivity index (χ2v) is 2.55. The number of nitrogens with zero attached hydrogens (tertiary/aromatic N) is 2. The summed E-state index contributed by atoms with van der Waals surface area (Å²) in [5.74, 6) is 0.956. The molecule has 65 valence electrons. The van der Waals surface area contributed by atoms with Gasteiger partial charge in [-0.05, 0) is 12.1 Å². The number of aliphatic imine (C=N–C) groups is 2. The van der Waals surface area contributed by atoms with Crippen molar-refractivity contribution < 1.29 is 84.1 Å². The van der Waals surface area contributed by atoms with Gasteiger partial charge in [0.05, 0.1) is 0 Å². The van der Waals surface area contributed by atoms with E-state index in [-0.39, 0.29) is 84.1 Å². The molecule has 0 aromatic heterocycles. The second kappa shape index (κ2) is 9.08. The maximum atomic E-state index is 4.24. The molecule has 1 rings (SSSR count). The molecule has 0 aliphatic carbocycles. The van der Waals surface area contributed by atoms with Crippen molar-refractivity contribution in [2.24, 2.45) is 15.9 Å². The Balaban J connectivity index is 0. The molecule has 0 saturated heterocycles. The van der Waals surface area contributed by atoms with Gasteiger partial charge in [-0.1, -0.05) is 12.8 Å². The van der Waals surface area contributed by atoms with E-state index in [9.17, 15) is 0 Å². The van der Waals surface area contributed by atoms with Gasteiger partial charge in [0.15, 0.2) is 0 Å². The first-order chi connectivity index (χ1) is 5.27. The maximum Gasteiger partial charge on any atom is 1.00 e. The van der Waals surface area contributed by atoms with E-state index in [0.29, 0.717) is 11.8 Å². The van der Waals surface area contributed by atoms with E-state index in [1.54, 1.807) is 0 Å². The van der Waals surface area contributed by atoms with Gasteiger partial charge in [0.2, 0.25) is 0 Å². The molecule has 0 saturated carbocycles. The molecule has 0 spiro atoms. The van der Waals surface area contributed by atoms with Gasteiger partial charge in [-0.3, -0.25) is 0 Å². The van der Waals surface area contributed by atoms with Crippen molar-refractivity contribution >= 4 is 11.5 Å². The minimum absolute atomic E-state index is 0. The van der Waals surface area contributed by atoms with Crippen LogP contribution in [0.15, 0.2) is 9.98 Å². The Hall–Kier alpha value is 1.82. The zero-order chi connectivity index (χ0) is 8.27. The summed E-state index contributed by atoms with van der Waals surface area (Å²) in [7, 11) is 0. The Bertz CT molecular complexity index is 202. The van der Waals surface area contributed by atoms with Crippen molar-refractivity contribution in [2.45, 2.75) is 19.8 Å². The van der Waals surface area contributed by atoms with Crippen LogP contribution in [0.3, 0.4) is 0 Å². The Morgan fingerprint density at radius 2 is 2.15 bits per heavy atom. The molecule has 13 heavy (non-hydrogen) atoms. The van der Waals surface area contributed by atoms with E-state index < -0.39 is 0 Å². The first-order valence-electron chi connectivity index (χ1n) is 3.87. The third-order valence-corrected chi connectivity index (χ3v) is 1.78. The summed E-state index contributed by atoms with van der Waals surface area (Å²) in [5.41, 5.74) is 1.15. The third kappa shape index (κ3) is 5.45. The van der Waals surface area contributed by atoms with Crippen LogP contribution in [0, 0.1) is 26.3 Å². The molecule has 0 N–H and O–H groups in total. The average Bonchev–Trinajstić information content (AvgIpc) is 2.04. The van der Waals surface area contributed by atoms with E-state index >= 15 is 0 Å². The first kappa shape index (κ1) is 17.2. The molecule has 0 bridgehead atoms. The molecule has 0 aromatic carbocycles. The van der Waals surface area contributed by atoms with Crippen molar-refractivity contribution in [2.75, 3.05) is 0 Å². The van der Waals surface area contributed by atoms with Crippen LogP contribution in [0.25, 0.3) is 0 Å². The molecule has 1 aliphatic rings. The minimum atomic E-state index is 0. The van der Waals surface area contributed by atoms with Crippen LogP contribution in [0.5, 0.6) is 0 Å². The van der Waals surface area contributed by atoms with Crippen molar-refractivity contribution in [1.82, 2.24) is 0 Å². The zero-order valence-corrected chi connectivity index (χ0v) is 14.4. The van der Waals surface area contributed by atoms with Gasteiger partial charge in [0.1, 0.15) is 0 Å². The van der Waals surface area contributed by atoms with Crippen LogP contribution in [-0.2, 0) is 32.7 Å². The summed E-state index contributed by atoms with van der Waals surface area (Å²) in [6.07, 6.45) is 1.80. The predicted molar refractivity (Wildman–Crippen MR) is 48.3 cm³/mol. The van der Waals surface area contributed by atoms with Crippen molar-refractivity contribution in [3.05, 3.63) is 20.4 Å². The molecule has 1 aliphatic heterocycles. The molecule has 1 radical (unpaired) electrons. The van der Waals surface area contributed by atoms with Gasteiger partial charge in [0.25, 0.3) is 0 Å². The van der Waals surface area contributed by atoms with E-state index in [4.69, 9.17) is 0 Å². The Morgan fingerprint density at radius 1 is 1.54 bits per heavy atom. The summed E-state index contributed by atoms with van der Waals surface area (Å²) < 4.78 is 0. The molecule has 1 heterocycles. The summed E-state index contributed by atoms with van der Waals surface area (Å²) in [6, 6.07) is 0. The van der Waals surface area contributed by atoms with Gasteiger partial charge in [-0.15, -0.1) is 6.54 Å². The Morgan fingerprint density at radius 3 is 2.62 bits per heavy atom. The first-order valence-corrected chi connectivity index (χ1v) is 3.87. The fourth-order valence-electron chi connectivity index (χ4n) is 1.12. The van der Waals surface area contributed by atoms with Gasteiger partial charge in [-0.2, -0.15) is 12.3 Å². The molecule has 4 heteroatoms. The minimum Gasteiger partial charge on any atom is -0.463 e. The number of rotatable bonds is 2. The smallest absolute Gasteiger partial charge is 0.463 e. The summed E-state index contributed by atoms with van der Waals surface area (Å²) in [4.78, 5) is 8.27. The van der Waals surface area contributed by atoms with Crippen molar-refractivity contribution in [3.8, 4) is 0 Å². The van der Waals surface area contributed by atoms with E-state index in [1.807, 2.05) is 6.54 Å². The van der Waals surface area contributed by atoms with Crippen LogP contribution < -0.4 is 51.4 Å². The van der Waals surface area contributed by atoms with Crippen LogP contribution in [-0.4, -0.2) is 11.5 Å². The van der Waals surface area contributed by atoms with Gasteiger partial charge in [-0.25, -0.2) is 0 Å². The van der Waals surface area contributed by atoms with Crippen LogP contribution in [0.2, 0.25) is 0 Å². The van der Waals surface area contributed by atoms with Crippen molar-refractivity contribution in [3.63, 3.8) is 0 Å². The molecule has 0 amide bonds. The molecular weight excluding hydrogens is 264 g/mol. The zero-order valence-electron chi connectivity index (χ0n) is 8.45. The fourth-order valence-corrected chi connectivity index (χ4v) is 1.12. The SMILES string of the molecule is [CH2-]CC1[CH-]N=C([CH2-])N=C1CC.[K+].[Y]. The topological polar surface area (TPSA) is 24.7 Å². The summed E-state index contributed by atoms with van der Waals surface area (Å²) >= 11 is 0. The number of hydrogen-bond acceptors (Lipinski definition) is 2. The van der Waals surface area contributed by atoms with Crippen LogP contribution >= 0.6 is 0 Å². The number of amidine groups is 1. The second-order valence-electron chi connectivity index (χ2n) is 2.55. The summed E-state index contributed by atoms with van der Waals surface area (Å²) in [5, 5.41) is 0. The van der Waals surface area contributed by atoms with Crippen LogP contribution in [0.1, 0.15) is 19.8 Å². The Kier molecular flexibility index (Phi) is 12.0. The monoisotopic (exact) mass is 277 g/mol. The average molecular weight is 277 g/mol. The Labute approximate surface area is 149 Å². The standard InChI is InChI=1S/C9H13N2.K.Y/c1-4-8-6-10-7(3)11-9(8)5-2;;/h6,8H,1,3-5H2,2H3;;/q-3;+1;. The fraction of sp³-hybridized carbons (Fsp3) is 0.444. The summed E-state index contributed by atoms with van der Waals surface area (Å²) in [6.45, 7) is 11.5. The molecule has 1 atom stereocenters. The van der Waals surface area contributed by atoms with Crippen molar-refractivity contribution in [1.29, 1.82) is 0 Å². The quantitative estimate of drug-likeness (QED) is 0.461. The van der Waals surface area contributed by atoms with Gasteiger partial charge in [0, 0.05) is 32.7 Å². The van der Waals surface area contributed by atoms with Gasteiger partial charge >= 0.3 is 51.4 Å². The van der Waals surface area contributed by atoms with E-state index in [0.717, 1.165) is 18.6 Å². The molecule has 1 unspecified atom stereocenters. The third-order valence-electron chi connectivity index (χ3n) is 1.78. The molecular formula is C9H13KN2Y-2. The molecule has 0 fully saturated rings. The van der Waals surface area contributed by atoms with Gasteiger partial charge < -0.3 is 23.8 Å². The van der Waals surface area contributed by atoms with E-state index in [1.165, 1.54) is 0 Å². The normalized spacial score (nSPS) is 20.0. The van der Waals surface area contributed by atoms with E-state index in [2.05, 4.69) is 30.8 Å². The maximum absolute atomic E-state index is 4.24. The van der Waals surface area contributed by atoms with Crippen LogP contribution in [0.4, 0.5) is 0 Å². The molecule has 0 aromatic rings. The predicted octanol–water partition coefficient (Wildman–Crippen LogP) is -0.913. The number of hydrogen-bond donors (Lipinski definition) is 0. The largest absolute Gasteiger partial charge is 1.00 e. The molecule has 2 nitrogen and oxygen atoms in total.